The number of anilines is 1. The van der Waals surface area contributed by atoms with E-state index >= 15 is 0 Å². The van der Waals surface area contributed by atoms with Gasteiger partial charge in [-0.25, -0.2) is 14.6 Å². The normalized spacial score (nSPS) is 11.8. The standard InChI is InChI=1S/C12H13N3O3S2/c1-2-8(10-13-4-6-20-10)14-12(18)15-9-7(11(16)17)3-5-19-9/h3-6,8H,2H2,1H3,(H,16,17)(H2,14,15,18). The van der Waals surface area contributed by atoms with Crippen LogP contribution in [0.5, 0.6) is 0 Å². The van der Waals surface area contributed by atoms with Crippen LogP contribution in [0.3, 0.4) is 0 Å². The number of carboxylic acid groups (broad SMARTS) is 1. The van der Waals surface area contributed by atoms with Crippen LogP contribution in [0.15, 0.2) is 23.0 Å². The lowest BCUT2D eigenvalue weighted by atomic mass is 10.2. The molecule has 0 saturated carbocycles. The summed E-state index contributed by atoms with van der Waals surface area (Å²) in [5.74, 6) is -1.06. The van der Waals surface area contributed by atoms with Gasteiger partial charge in [0.05, 0.1) is 11.6 Å². The number of thiazole rings is 1. The van der Waals surface area contributed by atoms with E-state index in [2.05, 4.69) is 15.6 Å². The average molecular weight is 311 g/mol. The molecule has 0 spiro atoms. The van der Waals surface area contributed by atoms with E-state index in [1.165, 1.54) is 28.7 Å². The summed E-state index contributed by atoms with van der Waals surface area (Å²) in [5, 5.41) is 18.9. The van der Waals surface area contributed by atoms with E-state index < -0.39 is 12.0 Å². The predicted molar refractivity (Wildman–Crippen MR) is 78.6 cm³/mol. The summed E-state index contributed by atoms with van der Waals surface area (Å²) in [6, 6.07) is 0.848. The molecule has 0 aliphatic heterocycles. The van der Waals surface area contributed by atoms with Crippen molar-refractivity contribution < 1.29 is 14.7 Å². The Kier molecular flexibility index (Phi) is 4.70. The maximum absolute atomic E-state index is 11.9. The fourth-order valence-corrected chi connectivity index (χ4v) is 3.16. The molecule has 0 saturated heterocycles. The lowest BCUT2D eigenvalue weighted by Crippen LogP contribution is -2.32. The Morgan fingerprint density at radius 2 is 2.20 bits per heavy atom. The van der Waals surface area contributed by atoms with E-state index in [1.807, 2.05) is 12.3 Å². The summed E-state index contributed by atoms with van der Waals surface area (Å²) >= 11 is 2.64. The van der Waals surface area contributed by atoms with Gasteiger partial charge in [-0.3, -0.25) is 5.32 Å². The monoisotopic (exact) mass is 311 g/mol. The number of amides is 2. The number of rotatable bonds is 5. The van der Waals surface area contributed by atoms with Crippen molar-refractivity contribution in [1.29, 1.82) is 0 Å². The van der Waals surface area contributed by atoms with Gasteiger partial charge in [-0.2, -0.15) is 0 Å². The molecule has 2 amide bonds. The molecule has 0 radical (unpaired) electrons. The molecule has 6 nitrogen and oxygen atoms in total. The second-order valence-electron chi connectivity index (χ2n) is 3.90. The van der Waals surface area contributed by atoms with Crippen LogP contribution < -0.4 is 10.6 Å². The van der Waals surface area contributed by atoms with Crippen LogP contribution in [0.4, 0.5) is 9.80 Å². The van der Waals surface area contributed by atoms with E-state index in [4.69, 9.17) is 5.11 Å². The van der Waals surface area contributed by atoms with Crippen LogP contribution in [0, 0.1) is 0 Å². The van der Waals surface area contributed by atoms with Gasteiger partial charge in [0.25, 0.3) is 0 Å². The predicted octanol–water partition coefficient (Wildman–Crippen LogP) is 3.18. The SMILES string of the molecule is CCC(NC(=O)Nc1sccc1C(=O)O)c1nccs1. The first-order valence-corrected chi connectivity index (χ1v) is 7.65. The van der Waals surface area contributed by atoms with Crippen LogP contribution in [0.1, 0.15) is 34.8 Å². The maximum Gasteiger partial charge on any atom is 0.338 e. The second-order valence-corrected chi connectivity index (χ2v) is 5.74. The molecule has 2 aromatic rings. The highest BCUT2D eigenvalue weighted by Crippen LogP contribution is 2.24. The van der Waals surface area contributed by atoms with Gasteiger partial charge in [-0.05, 0) is 17.9 Å². The summed E-state index contributed by atoms with van der Waals surface area (Å²) in [6.45, 7) is 1.94. The summed E-state index contributed by atoms with van der Waals surface area (Å²) in [4.78, 5) is 27.0. The quantitative estimate of drug-likeness (QED) is 0.791. The molecule has 0 fully saturated rings. The van der Waals surface area contributed by atoms with Gasteiger partial charge in [-0.15, -0.1) is 22.7 Å². The maximum atomic E-state index is 11.9. The smallest absolute Gasteiger partial charge is 0.338 e. The highest BCUT2D eigenvalue weighted by atomic mass is 32.1. The fraction of sp³-hybridized carbons (Fsp3) is 0.250. The van der Waals surface area contributed by atoms with Crippen LogP contribution in [-0.2, 0) is 0 Å². The minimum atomic E-state index is -1.06. The van der Waals surface area contributed by atoms with Crippen molar-refractivity contribution in [3.05, 3.63) is 33.6 Å². The van der Waals surface area contributed by atoms with Gasteiger partial charge in [0.15, 0.2) is 0 Å². The number of aromatic nitrogens is 1. The molecule has 2 aromatic heterocycles. The number of hydrogen-bond acceptors (Lipinski definition) is 5. The van der Waals surface area contributed by atoms with Crippen LogP contribution in [0.25, 0.3) is 0 Å². The first kappa shape index (κ1) is 14.5. The highest BCUT2D eigenvalue weighted by molar-refractivity contribution is 7.14. The molecule has 0 aromatic carbocycles. The summed E-state index contributed by atoms with van der Waals surface area (Å²) in [7, 11) is 0. The van der Waals surface area contributed by atoms with Gasteiger partial charge < -0.3 is 10.4 Å². The van der Waals surface area contributed by atoms with Crippen molar-refractivity contribution in [1.82, 2.24) is 10.3 Å². The number of carboxylic acids is 1. The molecular weight excluding hydrogens is 298 g/mol. The largest absolute Gasteiger partial charge is 0.478 e. The molecule has 0 aliphatic rings. The van der Waals surface area contributed by atoms with Crippen molar-refractivity contribution in [2.45, 2.75) is 19.4 Å². The van der Waals surface area contributed by atoms with E-state index in [0.29, 0.717) is 11.4 Å². The lowest BCUT2D eigenvalue weighted by molar-refractivity contribution is 0.0698. The molecule has 20 heavy (non-hydrogen) atoms. The Balaban J connectivity index is 2.01. The Bertz CT molecular complexity index is 595. The van der Waals surface area contributed by atoms with Crippen molar-refractivity contribution in [3.63, 3.8) is 0 Å². The Hall–Kier alpha value is -1.93. The van der Waals surface area contributed by atoms with E-state index in [9.17, 15) is 9.59 Å². The number of urea groups is 1. The number of thiophene rings is 1. The molecule has 2 heterocycles. The lowest BCUT2D eigenvalue weighted by Gasteiger charge is -2.14. The summed E-state index contributed by atoms with van der Waals surface area (Å²) < 4.78 is 0. The topological polar surface area (TPSA) is 91.3 Å². The first-order chi connectivity index (χ1) is 9.61. The summed E-state index contributed by atoms with van der Waals surface area (Å²) in [5.41, 5.74) is 0.0902. The summed E-state index contributed by atoms with van der Waals surface area (Å²) in [6.07, 6.45) is 2.39. The molecule has 1 atom stereocenters. The fourth-order valence-electron chi connectivity index (χ4n) is 1.62. The molecular formula is C12H13N3O3S2. The molecule has 0 bridgehead atoms. The zero-order valence-electron chi connectivity index (χ0n) is 10.6. The Morgan fingerprint density at radius 1 is 1.40 bits per heavy atom. The van der Waals surface area contributed by atoms with Crippen molar-refractivity contribution in [2.75, 3.05) is 5.32 Å². The van der Waals surface area contributed by atoms with Gasteiger partial charge in [0.1, 0.15) is 10.0 Å². The zero-order chi connectivity index (χ0) is 14.5. The van der Waals surface area contributed by atoms with Crippen LogP contribution in [0.2, 0.25) is 0 Å². The minimum Gasteiger partial charge on any atom is -0.478 e. The molecule has 106 valence electrons. The van der Waals surface area contributed by atoms with E-state index in [-0.39, 0.29) is 11.6 Å². The van der Waals surface area contributed by atoms with Crippen molar-refractivity contribution >= 4 is 39.7 Å². The van der Waals surface area contributed by atoms with Gasteiger partial charge in [0, 0.05) is 11.6 Å². The van der Waals surface area contributed by atoms with Gasteiger partial charge in [0.2, 0.25) is 0 Å². The van der Waals surface area contributed by atoms with Crippen molar-refractivity contribution in [3.8, 4) is 0 Å². The van der Waals surface area contributed by atoms with Crippen molar-refractivity contribution in [2.24, 2.45) is 0 Å². The highest BCUT2D eigenvalue weighted by Gasteiger charge is 2.17. The number of carbonyl (C=O) groups is 2. The molecule has 3 N–H and O–H groups in total. The Morgan fingerprint density at radius 3 is 2.80 bits per heavy atom. The first-order valence-electron chi connectivity index (χ1n) is 5.89. The zero-order valence-corrected chi connectivity index (χ0v) is 12.3. The van der Waals surface area contributed by atoms with Gasteiger partial charge in [-0.1, -0.05) is 6.92 Å². The number of carbonyl (C=O) groups excluding carboxylic acids is 1. The van der Waals surface area contributed by atoms with Crippen LogP contribution in [-0.4, -0.2) is 22.1 Å². The number of nitrogens with one attached hydrogen (secondary N) is 2. The van der Waals surface area contributed by atoms with E-state index in [0.717, 1.165) is 5.01 Å². The third kappa shape index (κ3) is 3.34. The third-order valence-electron chi connectivity index (χ3n) is 2.59. The Labute approximate surface area is 123 Å². The minimum absolute atomic E-state index is 0.0902. The van der Waals surface area contributed by atoms with Crippen LogP contribution >= 0.6 is 22.7 Å². The molecule has 1 unspecified atom stereocenters. The molecule has 0 aliphatic carbocycles. The average Bonchev–Trinajstić information content (AvgIpc) is 3.06. The second kappa shape index (κ2) is 6.49. The van der Waals surface area contributed by atoms with Gasteiger partial charge >= 0.3 is 12.0 Å². The number of nitrogens with zero attached hydrogens (tertiary/aromatic N) is 1. The third-order valence-corrected chi connectivity index (χ3v) is 4.30. The van der Waals surface area contributed by atoms with E-state index in [1.54, 1.807) is 11.6 Å². The number of hydrogen-bond donors (Lipinski definition) is 3. The number of aromatic carboxylic acids is 1. The molecule has 2 rings (SSSR count). The molecule has 8 heteroatoms.